The van der Waals surface area contributed by atoms with Gasteiger partial charge >= 0.3 is 0 Å². The first-order valence-corrected chi connectivity index (χ1v) is 9.39. The highest BCUT2D eigenvalue weighted by atomic mass is 35.5. The van der Waals surface area contributed by atoms with Crippen LogP contribution in [0.15, 0.2) is 54.7 Å². The number of hydrogen-bond donors (Lipinski definition) is 2. The van der Waals surface area contributed by atoms with Crippen molar-refractivity contribution >= 4 is 28.2 Å². The molecule has 0 saturated heterocycles. The van der Waals surface area contributed by atoms with Gasteiger partial charge in [-0.2, -0.15) is 0 Å². The van der Waals surface area contributed by atoms with Crippen LogP contribution in [0.2, 0.25) is 5.02 Å². The van der Waals surface area contributed by atoms with Crippen LogP contribution in [0.5, 0.6) is 0 Å². The molecule has 2 N–H and O–H groups in total. The molecule has 3 aromatic rings. The molecule has 136 valence electrons. The molecular formula is C22H26ClN3. The van der Waals surface area contributed by atoms with Crippen molar-refractivity contribution in [2.24, 2.45) is 0 Å². The van der Waals surface area contributed by atoms with Gasteiger partial charge < -0.3 is 10.6 Å². The van der Waals surface area contributed by atoms with Gasteiger partial charge in [0.1, 0.15) is 0 Å². The first-order chi connectivity index (χ1) is 12.4. The maximum absolute atomic E-state index is 6.04. The van der Waals surface area contributed by atoms with E-state index in [4.69, 9.17) is 11.6 Å². The number of halogens is 1. The summed E-state index contributed by atoms with van der Waals surface area (Å²) in [6.07, 6.45) is 1.81. The number of rotatable bonds is 6. The van der Waals surface area contributed by atoms with Crippen LogP contribution >= 0.6 is 11.6 Å². The van der Waals surface area contributed by atoms with Gasteiger partial charge in [-0.15, -0.1) is 0 Å². The van der Waals surface area contributed by atoms with Crippen molar-refractivity contribution in [1.29, 1.82) is 0 Å². The third kappa shape index (κ3) is 4.75. The average Bonchev–Trinajstić information content (AvgIpc) is 2.61. The molecule has 0 unspecified atom stereocenters. The van der Waals surface area contributed by atoms with Crippen molar-refractivity contribution in [3.63, 3.8) is 0 Å². The molecule has 0 atom stereocenters. The molecule has 3 rings (SSSR count). The number of nitrogens with one attached hydrogen (secondary N) is 2. The summed E-state index contributed by atoms with van der Waals surface area (Å²) in [5.41, 5.74) is 4.87. The highest BCUT2D eigenvalue weighted by molar-refractivity contribution is 6.31. The topological polar surface area (TPSA) is 37.0 Å². The van der Waals surface area contributed by atoms with Gasteiger partial charge in [0.25, 0.3) is 0 Å². The number of fused-ring (bicyclic) bond motifs is 1. The van der Waals surface area contributed by atoms with E-state index in [0.717, 1.165) is 36.2 Å². The van der Waals surface area contributed by atoms with E-state index < -0.39 is 0 Å². The van der Waals surface area contributed by atoms with E-state index in [-0.39, 0.29) is 5.41 Å². The van der Waals surface area contributed by atoms with E-state index in [1.165, 1.54) is 11.1 Å². The average molecular weight is 368 g/mol. The van der Waals surface area contributed by atoms with E-state index in [1.807, 2.05) is 30.5 Å². The number of anilines is 1. The molecule has 0 saturated carbocycles. The van der Waals surface area contributed by atoms with E-state index in [9.17, 15) is 0 Å². The normalized spacial score (nSPS) is 11.7. The molecule has 0 fully saturated rings. The van der Waals surface area contributed by atoms with Crippen LogP contribution in [-0.4, -0.2) is 18.1 Å². The fraction of sp³-hybridized carbons (Fsp3) is 0.318. The van der Waals surface area contributed by atoms with Crippen molar-refractivity contribution < 1.29 is 0 Å². The molecule has 3 nitrogen and oxygen atoms in total. The lowest BCUT2D eigenvalue weighted by atomic mass is 9.87. The molecule has 0 amide bonds. The summed E-state index contributed by atoms with van der Waals surface area (Å²) in [5, 5.41) is 8.77. The summed E-state index contributed by atoms with van der Waals surface area (Å²) in [4.78, 5) is 4.37. The van der Waals surface area contributed by atoms with Gasteiger partial charge in [0.05, 0.1) is 5.52 Å². The Morgan fingerprint density at radius 3 is 2.46 bits per heavy atom. The Morgan fingerprint density at radius 1 is 0.962 bits per heavy atom. The Labute approximate surface area is 160 Å². The monoisotopic (exact) mass is 367 g/mol. The first-order valence-electron chi connectivity index (χ1n) is 9.02. The standard InChI is InChI=1S/C22H26ClN3/c1-22(2,3)17-6-4-16(5-7-17)15-24-12-13-26-20-10-11-25-21-14-18(23)8-9-19(20)21/h4-11,14,24H,12-13,15H2,1-3H3,(H,25,26). The van der Waals surface area contributed by atoms with E-state index in [2.05, 4.69) is 60.7 Å². The molecule has 0 aliphatic carbocycles. The van der Waals surface area contributed by atoms with Crippen LogP contribution in [0.4, 0.5) is 5.69 Å². The number of hydrogen-bond acceptors (Lipinski definition) is 3. The Balaban J connectivity index is 1.49. The molecule has 4 heteroatoms. The molecule has 0 bridgehead atoms. The lowest BCUT2D eigenvalue weighted by Gasteiger charge is -2.19. The van der Waals surface area contributed by atoms with Crippen molar-refractivity contribution in [1.82, 2.24) is 10.3 Å². The van der Waals surface area contributed by atoms with Crippen LogP contribution in [0.1, 0.15) is 31.9 Å². The summed E-state index contributed by atoms with van der Waals surface area (Å²) in [6.45, 7) is 9.33. The van der Waals surface area contributed by atoms with E-state index >= 15 is 0 Å². The summed E-state index contributed by atoms with van der Waals surface area (Å²) in [5.74, 6) is 0. The van der Waals surface area contributed by atoms with Gasteiger partial charge in [0.2, 0.25) is 0 Å². The van der Waals surface area contributed by atoms with Gasteiger partial charge in [-0.25, -0.2) is 0 Å². The van der Waals surface area contributed by atoms with Crippen molar-refractivity contribution in [3.05, 3.63) is 70.9 Å². The molecule has 0 aliphatic rings. The molecule has 0 spiro atoms. The SMILES string of the molecule is CC(C)(C)c1ccc(CNCCNc2ccnc3cc(Cl)ccc23)cc1. The second kappa shape index (κ2) is 8.07. The number of benzene rings is 2. The summed E-state index contributed by atoms with van der Waals surface area (Å²) in [6, 6.07) is 16.7. The predicted molar refractivity (Wildman–Crippen MR) is 112 cm³/mol. The summed E-state index contributed by atoms with van der Waals surface area (Å²) < 4.78 is 0. The smallest absolute Gasteiger partial charge is 0.0737 e. The minimum atomic E-state index is 0.202. The van der Waals surface area contributed by atoms with Crippen LogP contribution in [-0.2, 0) is 12.0 Å². The molecule has 1 heterocycles. The number of aromatic nitrogens is 1. The molecule has 0 aliphatic heterocycles. The van der Waals surface area contributed by atoms with Crippen LogP contribution in [0.25, 0.3) is 10.9 Å². The lowest BCUT2D eigenvalue weighted by Crippen LogP contribution is -2.22. The molecule has 26 heavy (non-hydrogen) atoms. The Bertz CT molecular complexity index is 867. The summed E-state index contributed by atoms with van der Waals surface area (Å²) >= 11 is 6.04. The fourth-order valence-electron chi connectivity index (χ4n) is 2.92. The van der Waals surface area contributed by atoms with Gasteiger partial charge in [-0.3, -0.25) is 4.98 Å². The minimum Gasteiger partial charge on any atom is -0.383 e. The van der Waals surface area contributed by atoms with Crippen molar-refractivity contribution in [2.45, 2.75) is 32.7 Å². The van der Waals surface area contributed by atoms with Crippen molar-refractivity contribution in [3.8, 4) is 0 Å². The predicted octanol–water partition coefficient (Wildman–Crippen LogP) is 5.39. The van der Waals surface area contributed by atoms with Gasteiger partial charge in [0, 0.05) is 41.9 Å². The maximum Gasteiger partial charge on any atom is 0.0737 e. The van der Waals surface area contributed by atoms with E-state index in [0.29, 0.717) is 5.02 Å². The van der Waals surface area contributed by atoms with Gasteiger partial charge in [-0.05, 0) is 40.8 Å². The Morgan fingerprint density at radius 2 is 1.73 bits per heavy atom. The van der Waals surface area contributed by atoms with Crippen molar-refractivity contribution in [2.75, 3.05) is 18.4 Å². The number of pyridine rings is 1. The van der Waals surface area contributed by atoms with Crippen LogP contribution < -0.4 is 10.6 Å². The Hall–Kier alpha value is -2.10. The summed E-state index contributed by atoms with van der Waals surface area (Å²) in [7, 11) is 0. The molecular weight excluding hydrogens is 342 g/mol. The second-order valence-electron chi connectivity index (χ2n) is 7.57. The third-order valence-corrected chi connectivity index (χ3v) is 4.71. The minimum absolute atomic E-state index is 0.202. The lowest BCUT2D eigenvalue weighted by molar-refractivity contribution is 0.589. The van der Waals surface area contributed by atoms with Crippen LogP contribution in [0, 0.1) is 0 Å². The van der Waals surface area contributed by atoms with Gasteiger partial charge in [-0.1, -0.05) is 56.6 Å². The van der Waals surface area contributed by atoms with E-state index in [1.54, 1.807) is 0 Å². The first kappa shape index (κ1) is 18.7. The molecule has 2 aromatic carbocycles. The zero-order chi connectivity index (χ0) is 18.6. The highest BCUT2D eigenvalue weighted by Crippen LogP contribution is 2.24. The van der Waals surface area contributed by atoms with Crippen LogP contribution in [0.3, 0.4) is 0 Å². The maximum atomic E-state index is 6.04. The second-order valence-corrected chi connectivity index (χ2v) is 8.01. The highest BCUT2D eigenvalue weighted by Gasteiger charge is 2.12. The number of nitrogens with zero attached hydrogens (tertiary/aromatic N) is 1. The largest absolute Gasteiger partial charge is 0.383 e. The third-order valence-electron chi connectivity index (χ3n) is 4.47. The van der Waals surface area contributed by atoms with Gasteiger partial charge in [0.15, 0.2) is 0 Å². The fourth-order valence-corrected chi connectivity index (χ4v) is 3.08. The zero-order valence-electron chi connectivity index (χ0n) is 15.6. The molecule has 0 radical (unpaired) electrons. The quantitative estimate of drug-likeness (QED) is 0.574. The zero-order valence-corrected chi connectivity index (χ0v) is 16.4. The molecule has 1 aromatic heterocycles. The Kier molecular flexibility index (Phi) is 5.80.